The molecule has 0 amide bonds. The summed E-state index contributed by atoms with van der Waals surface area (Å²) in [7, 11) is 0. The van der Waals surface area contributed by atoms with Crippen LogP contribution in [-0.4, -0.2) is 18.7 Å². The van der Waals surface area contributed by atoms with Crippen LogP contribution in [-0.2, 0) is 9.63 Å². The van der Waals surface area contributed by atoms with Crippen molar-refractivity contribution in [2.75, 3.05) is 6.54 Å². The minimum atomic E-state index is -0.508. The fraction of sp³-hybridized carbons (Fsp3) is 0.714. The lowest BCUT2D eigenvalue weighted by Crippen LogP contribution is -2.21. The van der Waals surface area contributed by atoms with Crippen molar-refractivity contribution in [3.05, 3.63) is 0 Å². The van der Waals surface area contributed by atoms with Gasteiger partial charge in [0.15, 0.2) is 0 Å². The summed E-state index contributed by atoms with van der Waals surface area (Å²) >= 11 is 0. The Labute approximate surface area is 66.4 Å². The van der Waals surface area contributed by atoms with Crippen molar-refractivity contribution in [1.29, 1.82) is 0 Å². The molecule has 0 unspecified atom stereocenters. The number of nitrogens with zero attached hydrogens (tertiary/aromatic N) is 1. The van der Waals surface area contributed by atoms with Gasteiger partial charge in [0.1, 0.15) is 0 Å². The molecule has 0 atom stereocenters. The smallest absolute Gasteiger partial charge is 0.326 e. The standard InChI is InChI=1S/C7H14N2O2/c1-7(2,3)6(10)11-9-5-4-8/h5H,4,8H2,1-3H3/b9-5-. The SMILES string of the molecule is CC(C)(C)C(=O)O/N=C\CN. The van der Waals surface area contributed by atoms with Crippen molar-refractivity contribution in [3.63, 3.8) is 0 Å². The van der Waals surface area contributed by atoms with E-state index >= 15 is 0 Å². The monoisotopic (exact) mass is 158 g/mol. The predicted octanol–water partition coefficient (Wildman–Crippen LogP) is 0.520. The number of carbonyl (C=O) groups excluding carboxylic acids is 1. The zero-order valence-electron chi connectivity index (χ0n) is 7.13. The predicted molar refractivity (Wildman–Crippen MR) is 43.1 cm³/mol. The van der Waals surface area contributed by atoms with Crippen molar-refractivity contribution in [2.24, 2.45) is 16.3 Å². The van der Waals surface area contributed by atoms with Crippen LogP contribution >= 0.6 is 0 Å². The normalized spacial score (nSPS) is 12.0. The third-order valence-corrected chi connectivity index (χ3v) is 0.928. The van der Waals surface area contributed by atoms with E-state index in [1.807, 2.05) is 0 Å². The summed E-state index contributed by atoms with van der Waals surface area (Å²) in [5, 5.41) is 3.36. The molecule has 0 aromatic rings. The summed E-state index contributed by atoms with van der Waals surface area (Å²) < 4.78 is 0. The number of nitrogens with two attached hydrogens (primary N) is 1. The first-order valence-electron chi connectivity index (χ1n) is 3.42. The minimum Gasteiger partial charge on any atom is -0.326 e. The highest BCUT2D eigenvalue weighted by atomic mass is 16.7. The van der Waals surface area contributed by atoms with Crippen molar-refractivity contribution >= 4 is 12.2 Å². The molecule has 0 bridgehead atoms. The maximum absolute atomic E-state index is 11.0. The molecular weight excluding hydrogens is 144 g/mol. The Balaban J connectivity index is 3.80. The summed E-state index contributed by atoms with van der Waals surface area (Å²) in [6.07, 6.45) is 1.34. The van der Waals surface area contributed by atoms with Crippen LogP contribution in [0.4, 0.5) is 0 Å². The number of rotatable bonds is 2. The van der Waals surface area contributed by atoms with Gasteiger partial charge in [-0.15, -0.1) is 0 Å². The van der Waals surface area contributed by atoms with Crippen LogP contribution in [0, 0.1) is 5.41 Å². The third kappa shape index (κ3) is 4.50. The second-order valence-electron chi connectivity index (χ2n) is 3.15. The summed E-state index contributed by atoms with van der Waals surface area (Å²) in [5.74, 6) is -0.359. The molecular formula is C7H14N2O2. The largest absolute Gasteiger partial charge is 0.340 e. The average molecular weight is 158 g/mol. The lowest BCUT2D eigenvalue weighted by Gasteiger charge is -2.12. The molecule has 4 nitrogen and oxygen atoms in total. The summed E-state index contributed by atoms with van der Waals surface area (Å²) in [6, 6.07) is 0. The van der Waals surface area contributed by atoms with Crippen LogP contribution in [0.15, 0.2) is 5.16 Å². The van der Waals surface area contributed by atoms with Crippen LogP contribution < -0.4 is 5.73 Å². The van der Waals surface area contributed by atoms with Gasteiger partial charge in [-0.3, -0.25) is 0 Å². The molecule has 0 aliphatic rings. The Hall–Kier alpha value is -0.900. The van der Waals surface area contributed by atoms with Crippen molar-refractivity contribution in [1.82, 2.24) is 0 Å². The molecule has 64 valence electrons. The zero-order chi connectivity index (χ0) is 8.91. The Morgan fingerprint density at radius 2 is 2.18 bits per heavy atom. The van der Waals surface area contributed by atoms with Crippen molar-refractivity contribution in [3.8, 4) is 0 Å². The van der Waals surface area contributed by atoms with Gasteiger partial charge in [0.25, 0.3) is 0 Å². The van der Waals surface area contributed by atoms with Crippen molar-refractivity contribution < 1.29 is 9.63 Å². The highest BCUT2D eigenvalue weighted by molar-refractivity contribution is 5.75. The summed E-state index contributed by atoms with van der Waals surface area (Å²) in [5.41, 5.74) is 4.58. The van der Waals surface area contributed by atoms with E-state index in [4.69, 9.17) is 5.73 Å². The van der Waals surface area contributed by atoms with E-state index in [0.717, 1.165) is 0 Å². The molecule has 0 rings (SSSR count). The number of oxime groups is 1. The van der Waals surface area contributed by atoms with Gasteiger partial charge in [0.05, 0.1) is 11.6 Å². The molecule has 0 spiro atoms. The van der Waals surface area contributed by atoms with E-state index in [2.05, 4.69) is 9.99 Å². The van der Waals surface area contributed by atoms with E-state index in [1.54, 1.807) is 20.8 Å². The van der Waals surface area contributed by atoms with Gasteiger partial charge >= 0.3 is 5.97 Å². The fourth-order valence-corrected chi connectivity index (χ4v) is 0.265. The molecule has 0 aliphatic carbocycles. The summed E-state index contributed by atoms with van der Waals surface area (Å²) in [6.45, 7) is 5.55. The van der Waals surface area contributed by atoms with Gasteiger partial charge in [-0.25, -0.2) is 4.79 Å². The Kier molecular flexibility index (Phi) is 3.74. The second-order valence-corrected chi connectivity index (χ2v) is 3.15. The van der Waals surface area contributed by atoms with Crippen LogP contribution in [0.25, 0.3) is 0 Å². The van der Waals surface area contributed by atoms with Crippen LogP contribution in [0.1, 0.15) is 20.8 Å². The molecule has 0 saturated carbocycles. The summed E-state index contributed by atoms with van der Waals surface area (Å²) in [4.78, 5) is 15.5. The maximum atomic E-state index is 11.0. The maximum Gasteiger partial charge on any atom is 0.340 e. The third-order valence-electron chi connectivity index (χ3n) is 0.928. The number of carbonyl (C=O) groups is 1. The molecule has 0 saturated heterocycles. The zero-order valence-corrected chi connectivity index (χ0v) is 7.13. The molecule has 2 N–H and O–H groups in total. The van der Waals surface area contributed by atoms with Gasteiger partial charge in [-0.2, -0.15) is 0 Å². The van der Waals surface area contributed by atoms with E-state index in [0.29, 0.717) is 0 Å². The van der Waals surface area contributed by atoms with Crippen LogP contribution in [0.3, 0.4) is 0 Å². The molecule has 0 aromatic carbocycles. The van der Waals surface area contributed by atoms with Gasteiger partial charge in [0.2, 0.25) is 0 Å². The highest BCUT2D eigenvalue weighted by Crippen LogP contribution is 2.14. The van der Waals surface area contributed by atoms with E-state index < -0.39 is 5.41 Å². The van der Waals surface area contributed by atoms with Gasteiger partial charge in [-0.1, -0.05) is 5.16 Å². The van der Waals surface area contributed by atoms with Gasteiger partial charge in [-0.05, 0) is 20.8 Å². The second kappa shape index (κ2) is 4.08. The number of hydrogen-bond donors (Lipinski definition) is 1. The van der Waals surface area contributed by atoms with E-state index in [1.165, 1.54) is 6.21 Å². The molecule has 4 heteroatoms. The number of hydrogen-bond acceptors (Lipinski definition) is 4. The fourth-order valence-electron chi connectivity index (χ4n) is 0.265. The van der Waals surface area contributed by atoms with Crippen LogP contribution in [0.5, 0.6) is 0 Å². The Morgan fingerprint density at radius 1 is 1.64 bits per heavy atom. The first kappa shape index (κ1) is 10.1. The molecule has 0 heterocycles. The first-order chi connectivity index (χ1) is 4.98. The highest BCUT2D eigenvalue weighted by Gasteiger charge is 2.23. The molecule has 0 radical (unpaired) electrons. The lowest BCUT2D eigenvalue weighted by molar-refractivity contribution is -0.152. The van der Waals surface area contributed by atoms with Gasteiger partial charge < -0.3 is 10.6 Å². The van der Waals surface area contributed by atoms with Crippen molar-refractivity contribution in [2.45, 2.75) is 20.8 Å². The van der Waals surface area contributed by atoms with Gasteiger partial charge in [0, 0.05) is 6.54 Å². The molecule has 0 fully saturated rings. The lowest BCUT2D eigenvalue weighted by atomic mass is 9.98. The Bertz CT molecular complexity index is 158. The molecule has 0 aliphatic heterocycles. The average Bonchev–Trinajstić information content (AvgIpc) is 1.86. The van der Waals surface area contributed by atoms with E-state index in [-0.39, 0.29) is 12.5 Å². The molecule has 11 heavy (non-hydrogen) atoms. The Morgan fingerprint density at radius 3 is 2.55 bits per heavy atom. The minimum absolute atomic E-state index is 0.275. The quantitative estimate of drug-likeness (QED) is 0.362. The topological polar surface area (TPSA) is 64.7 Å². The first-order valence-corrected chi connectivity index (χ1v) is 3.42. The van der Waals surface area contributed by atoms with Crippen LogP contribution in [0.2, 0.25) is 0 Å². The van der Waals surface area contributed by atoms with E-state index in [9.17, 15) is 4.79 Å². The molecule has 0 aromatic heterocycles.